The number of nitrogens with one attached hydrogen (secondary N) is 1. The summed E-state index contributed by atoms with van der Waals surface area (Å²) in [4.78, 5) is 23.8. The SMILES string of the molecule is COc1ccc(S(=O)(=O)N(C[C@@H](O)[C@H](Cc2ccccc2)NC(=O)OC(C)(C)C)CC(C)(C)CCOC(N)=O)cc1. The Balaban J connectivity index is 2.40. The first-order valence-corrected chi connectivity index (χ1v) is 14.7. The lowest BCUT2D eigenvalue weighted by atomic mass is 9.89. The van der Waals surface area contributed by atoms with Crippen LogP contribution in [0.1, 0.15) is 46.6 Å². The van der Waals surface area contributed by atoms with Crippen molar-refractivity contribution in [2.75, 3.05) is 26.8 Å². The molecule has 4 N–H and O–H groups in total. The molecule has 0 saturated heterocycles. The Bertz CT molecular complexity index is 1230. The lowest BCUT2D eigenvalue weighted by molar-refractivity contribution is 0.0388. The van der Waals surface area contributed by atoms with Crippen LogP contribution >= 0.6 is 0 Å². The molecule has 228 valence electrons. The lowest BCUT2D eigenvalue weighted by Crippen LogP contribution is -2.52. The summed E-state index contributed by atoms with van der Waals surface area (Å²) in [5, 5.41) is 14.2. The second-order valence-corrected chi connectivity index (χ2v) is 13.5. The Kier molecular flexibility index (Phi) is 12.0. The highest BCUT2D eigenvalue weighted by molar-refractivity contribution is 7.89. The van der Waals surface area contributed by atoms with E-state index in [2.05, 4.69) is 5.32 Å². The molecule has 0 unspecified atom stereocenters. The number of nitrogens with zero attached hydrogens (tertiary/aromatic N) is 1. The standard InChI is InChI=1S/C29H43N3O8S/c1-28(2,3)40-27(35)31-24(18-21-10-8-7-9-11-21)25(33)19-32(20-29(4,5)16-17-39-26(30)34)41(36,37)23-14-12-22(38-6)13-15-23/h7-15,24-25,33H,16-20H2,1-6H3,(H2,30,34)(H,31,35)/t24-,25+/m0/s1. The zero-order valence-electron chi connectivity index (χ0n) is 24.6. The molecule has 2 aromatic carbocycles. The average molecular weight is 594 g/mol. The summed E-state index contributed by atoms with van der Waals surface area (Å²) in [7, 11) is -2.64. The van der Waals surface area contributed by atoms with E-state index in [-0.39, 0.29) is 31.0 Å². The van der Waals surface area contributed by atoms with Gasteiger partial charge < -0.3 is 30.4 Å². The third kappa shape index (κ3) is 11.6. The Labute approximate surface area is 243 Å². The molecule has 2 atom stereocenters. The van der Waals surface area contributed by atoms with Gasteiger partial charge in [0.1, 0.15) is 11.4 Å². The first-order valence-electron chi connectivity index (χ1n) is 13.3. The minimum absolute atomic E-state index is 0.00184. The van der Waals surface area contributed by atoms with Crippen LogP contribution in [0.15, 0.2) is 59.5 Å². The number of amides is 2. The zero-order chi connectivity index (χ0) is 30.8. The molecular weight excluding hydrogens is 550 g/mol. The van der Waals surface area contributed by atoms with Crippen molar-refractivity contribution in [2.24, 2.45) is 11.1 Å². The second-order valence-electron chi connectivity index (χ2n) is 11.6. The van der Waals surface area contributed by atoms with Gasteiger partial charge in [0, 0.05) is 13.1 Å². The highest BCUT2D eigenvalue weighted by Crippen LogP contribution is 2.28. The number of sulfonamides is 1. The molecule has 0 fully saturated rings. The number of benzene rings is 2. The quantitative estimate of drug-likeness (QED) is 0.299. The Morgan fingerprint density at radius 3 is 2.17 bits per heavy atom. The molecule has 0 aliphatic rings. The topological polar surface area (TPSA) is 157 Å². The van der Waals surface area contributed by atoms with Gasteiger partial charge in [-0.25, -0.2) is 18.0 Å². The number of aliphatic hydroxyl groups is 1. The fourth-order valence-electron chi connectivity index (χ4n) is 4.07. The number of hydrogen-bond donors (Lipinski definition) is 3. The van der Waals surface area contributed by atoms with Crippen LogP contribution < -0.4 is 15.8 Å². The highest BCUT2D eigenvalue weighted by Gasteiger charge is 2.35. The molecule has 0 saturated carbocycles. The predicted molar refractivity (Wildman–Crippen MR) is 155 cm³/mol. The monoisotopic (exact) mass is 593 g/mol. The van der Waals surface area contributed by atoms with Crippen molar-refractivity contribution in [3.05, 3.63) is 60.2 Å². The van der Waals surface area contributed by atoms with E-state index in [9.17, 15) is 23.1 Å². The van der Waals surface area contributed by atoms with Crippen LogP contribution in [0.25, 0.3) is 0 Å². The molecule has 2 aromatic rings. The molecule has 0 heterocycles. The molecule has 0 aromatic heterocycles. The van der Waals surface area contributed by atoms with Gasteiger partial charge in [0.25, 0.3) is 0 Å². The van der Waals surface area contributed by atoms with E-state index in [1.807, 2.05) is 44.2 Å². The molecule has 0 bridgehead atoms. The summed E-state index contributed by atoms with van der Waals surface area (Å²) in [6.45, 7) is 8.46. The number of primary amides is 1. The van der Waals surface area contributed by atoms with E-state index >= 15 is 0 Å². The minimum Gasteiger partial charge on any atom is -0.497 e. The molecule has 2 rings (SSSR count). The number of methoxy groups -OCH3 is 1. The van der Waals surface area contributed by atoms with E-state index < -0.39 is 45.4 Å². The van der Waals surface area contributed by atoms with Crippen molar-refractivity contribution in [1.82, 2.24) is 9.62 Å². The fraction of sp³-hybridized carbons (Fsp3) is 0.517. The predicted octanol–water partition coefficient (Wildman–Crippen LogP) is 3.69. The first-order chi connectivity index (χ1) is 19.0. The van der Waals surface area contributed by atoms with E-state index in [1.54, 1.807) is 20.8 Å². The third-order valence-corrected chi connectivity index (χ3v) is 8.01. The molecule has 11 nitrogen and oxygen atoms in total. The lowest BCUT2D eigenvalue weighted by Gasteiger charge is -2.35. The molecule has 0 aliphatic heterocycles. The molecule has 0 aliphatic carbocycles. The van der Waals surface area contributed by atoms with Crippen molar-refractivity contribution in [1.29, 1.82) is 0 Å². The van der Waals surface area contributed by atoms with Crippen LogP contribution in [-0.2, 0) is 25.9 Å². The van der Waals surface area contributed by atoms with Gasteiger partial charge in [0.15, 0.2) is 0 Å². The summed E-state index contributed by atoms with van der Waals surface area (Å²) in [6.07, 6.45) is -2.42. The van der Waals surface area contributed by atoms with Gasteiger partial charge in [-0.15, -0.1) is 0 Å². The summed E-state index contributed by atoms with van der Waals surface area (Å²) in [5.41, 5.74) is 4.46. The van der Waals surface area contributed by atoms with Crippen molar-refractivity contribution in [3.63, 3.8) is 0 Å². The number of aliphatic hydroxyl groups excluding tert-OH is 1. The van der Waals surface area contributed by atoms with Gasteiger partial charge >= 0.3 is 12.2 Å². The van der Waals surface area contributed by atoms with Gasteiger partial charge in [-0.2, -0.15) is 4.31 Å². The number of carbonyl (C=O) groups excluding carboxylic acids is 2. The zero-order valence-corrected chi connectivity index (χ0v) is 25.4. The van der Waals surface area contributed by atoms with Gasteiger partial charge in [0.2, 0.25) is 10.0 Å². The minimum atomic E-state index is -4.12. The molecule has 41 heavy (non-hydrogen) atoms. The van der Waals surface area contributed by atoms with E-state index in [0.717, 1.165) is 5.56 Å². The highest BCUT2D eigenvalue weighted by atomic mass is 32.2. The summed E-state index contributed by atoms with van der Waals surface area (Å²) in [6, 6.07) is 14.3. The average Bonchev–Trinajstić information content (AvgIpc) is 2.87. The maximum atomic E-state index is 13.9. The Hall–Kier alpha value is -3.35. The molecule has 0 radical (unpaired) electrons. The first kappa shape index (κ1) is 33.9. The maximum absolute atomic E-state index is 13.9. The Morgan fingerprint density at radius 1 is 1.02 bits per heavy atom. The molecule has 0 spiro atoms. The largest absolute Gasteiger partial charge is 0.497 e. The molecule has 12 heteroatoms. The number of hydrogen-bond acceptors (Lipinski definition) is 8. The van der Waals surface area contributed by atoms with Crippen LogP contribution in [0.3, 0.4) is 0 Å². The smallest absolute Gasteiger partial charge is 0.407 e. The second kappa shape index (κ2) is 14.5. The number of nitrogens with two attached hydrogens (primary N) is 1. The van der Waals surface area contributed by atoms with Crippen LogP contribution in [0.5, 0.6) is 5.75 Å². The van der Waals surface area contributed by atoms with Crippen LogP contribution in [0, 0.1) is 5.41 Å². The Morgan fingerprint density at radius 2 is 1.63 bits per heavy atom. The number of alkyl carbamates (subject to hydrolysis) is 1. The van der Waals surface area contributed by atoms with Crippen LogP contribution in [0.4, 0.5) is 9.59 Å². The number of carbonyl (C=O) groups is 2. The molecular formula is C29H43N3O8S. The van der Waals surface area contributed by atoms with E-state index in [4.69, 9.17) is 19.9 Å². The van der Waals surface area contributed by atoms with Gasteiger partial charge in [-0.1, -0.05) is 44.2 Å². The van der Waals surface area contributed by atoms with Crippen molar-refractivity contribution >= 4 is 22.2 Å². The van der Waals surface area contributed by atoms with Crippen molar-refractivity contribution in [3.8, 4) is 5.75 Å². The van der Waals surface area contributed by atoms with Crippen LogP contribution in [0.2, 0.25) is 0 Å². The summed E-state index contributed by atoms with van der Waals surface area (Å²) in [5.74, 6) is 0.490. The van der Waals surface area contributed by atoms with Crippen molar-refractivity contribution in [2.45, 2.75) is 70.1 Å². The summed E-state index contributed by atoms with van der Waals surface area (Å²) < 4.78 is 44.4. The normalized spacial score (nSPS) is 13.8. The fourth-order valence-corrected chi connectivity index (χ4v) is 5.72. The third-order valence-electron chi connectivity index (χ3n) is 6.18. The van der Waals surface area contributed by atoms with Crippen molar-refractivity contribution < 1.29 is 37.3 Å². The van der Waals surface area contributed by atoms with E-state index in [0.29, 0.717) is 12.2 Å². The van der Waals surface area contributed by atoms with E-state index in [1.165, 1.54) is 35.7 Å². The van der Waals surface area contributed by atoms with Gasteiger partial charge in [0.05, 0.1) is 30.8 Å². The number of rotatable bonds is 14. The van der Waals surface area contributed by atoms with Crippen LogP contribution in [-0.4, -0.2) is 74.6 Å². The van der Waals surface area contributed by atoms with Gasteiger partial charge in [-0.3, -0.25) is 0 Å². The van der Waals surface area contributed by atoms with Gasteiger partial charge in [-0.05, 0) is 68.9 Å². The summed E-state index contributed by atoms with van der Waals surface area (Å²) >= 11 is 0. The number of ether oxygens (including phenoxy) is 3. The molecule has 2 amide bonds. The maximum Gasteiger partial charge on any atom is 0.407 e.